The third-order valence-corrected chi connectivity index (χ3v) is 3.34. The molecule has 7 heteroatoms. The van der Waals surface area contributed by atoms with Crippen LogP contribution in [0.2, 0.25) is 0 Å². The van der Waals surface area contributed by atoms with E-state index in [-0.39, 0.29) is 11.9 Å². The maximum atomic E-state index is 11.7. The van der Waals surface area contributed by atoms with Gasteiger partial charge in [0, 0.05) is 26.1 Å². The fourth-order valence-electron chi connectivity index (χ4n) is 2.33. The van der Waals surface area contributed by atoms with Crippen LogP contribution in [-0.2, 0) is 16.1 Å². The summed E-state index contributed by atoms with van der Waals surface area (Å²) in [5.74, 6) is 0.00426. The van der Waals surface area contributed by atoms with Crippen LogP contribution < -0.4 is 5.32 Å². The van der Waals surface area contributed by atoms with Crippen LogP contribution in [0.15, 0.2) is 6.20 Å². The average Bonchev–Trinajstić information content (AvgIpc) is 2.98. The number of methoxy groups -OCH3 is 1. The van der Waals surface area contributed by atoms with Crippen LogP contribution in [-0.4, -0.2) is 45.7 Å². The van der Waals surface area contributed by atoms with Gasteiger partial charge in [-0.2, -0.15) is 10.2 Å². The molecule has 0 saturated carbocycles. The van der Waals surface area contributed by atoms with E-state index in [2.05, 4.69) is 29.4 Å². The fraction of sp³-hybridized carbons (Fsp3) is 0.643. The van der Waals surface area contributed by atoms with Crippen molar-refractivity contribution in [2.24, 2.45) is 0 Å². The Labute approximate surface area is 124 Å². The Balaban J connectivity index is 2.04. The molecule has 2 rings (SSSR count). The Morgan fingerprint density at radius 2 is 2.24 bits per heavy atom. The summed E-state index contributed by atoms with van der Waals surface area (Å²) in [5.41, 5.74) is 2.96. The smallest absolute Gasteiger partial charge is 0.221 e. The van der Waals surface area contributed by atoms with Crippen molar-refractivity contribution in [1.29, 1.82) is 0 Å². The summed E-state index contributed by atoms with van der Waals surface area (Å²) in [7, 11) is 1.61. The summed E-state index contributed by atoms with van der Waals surface area (Å²) >= 11 is 0. The zero-order chi connectivity index (χ0) is 15.4. The van der Waals surface area contributed by atoms with Crippen LogP contribution >= 0.6 is 0 Å². The zero-order valence-electron chi connectivity index (χ0n) is 13.1. The maximum absolute atomic E-state index is 11.7. The first-order valence-corrected chi connectivity index (χ1v) is 7.20. The number of carbonyl (C=O) groups is 1. The van der Waals surface area contributed by atoms with Gasteiger partial charge in [0.25, 0.3) is 0 Å². The Bertz CT molecular complexity index is 614. The largest absolute Gasteiger partial charge is 0.383 e. The molecule has 0 spiro atoms. The fourth-order valence-corrected chi connectivity index (χ4v) is 2.33. The standard InChI is InChI=1S/C14H23N5O2/c1-10(2)19-12-9-16-18(14(12)11(3)17-19)7-5-13(20)15-6-8-21-4/h9-10H,5-8H2,1-4H3,(H,15,20). The predicted octanol–water partition coefficient (Wildman–Crippen LogP) is 1.27. The van der Waals surface area contributed by atoms with Gasteiger partial charge in [-0.1, -0.05) is 0 Å². The van der Waals surface area contributed by atoms with Gasteiger partial charge in [0.1, 0.15) is 11.0 Å². The van der Waals surface area contributed by atoms with E-state index < -0.39 is 0 Å². The van der Waals surface area contributed by atoms with Gasteiger partial charge in [-0.3, -0.25) is 14.2 Å². The number of hydrogen-bond acceptors (Lipinski definition) is 4. The summed E-state index contributed by atoms with van der Waals surface area (Å²) in [5, 5.41) is 11.7. The second kappa shape index (κ2) is 6.71. The molecule has 2 heterocycles. The Kier molecular flexibility index (Phi) is 4.95. The molecule has 2 aromatic heterocycles. The lowest BCUT2D eigenvalue weighted by molar-refractivity contribution is -0.121. The topological polar surface area (TPSA) is 74.0 Å². The Morgan fingerprint density at radius 1 is 1.48 bits per heavy atom. The molecule has 1 N–H and O–H groups in total. The van der Waals surface area contributed by atoms with Gasteiger partial charge < -0.3 is 10.1 Å². The molecule has 0 aliphatic rings. The number of aromatic nitrogens is 4. The molecular weight excluding hydrogens is 270 g/mol. The van der Waals surface area contributed by atoms with E-state index in [0.29, 0.717) is 26.1 Å². The van der Waals surface area contributed by atoms with E-state index in [1.54, 1.807) is 7.11 Å². The van der Waals surface area contributed by atoms with Gasteiger partial charge in [-0.25, -0.2) is 0 Å². The number of aryl methyl sites for hydroxylation is 2. The minimum Gasteiger partial charge on any atom is -0.383 e. The molecule has 7 nitrogen and oxygen atoms in total. The van der Waals surface area contributed by atoms with Crippen LogP contribution in [0, 0.1) is 6.92 Å². The van der Waals surface area contributed by atoms with Crippen molar-refractivity contribution in [3.05, 3.63) is 11.9 Å². The van der Waals surface area contributed by atoms with Crippen molar-refractivity contribution >= 4 is 16.9 Å². The normalized spacial score (nSPS) is 11.5. The third-order valence-electron chi connectivity index (χ3n) is 3.34. The highest BCUT2D eigenvalue weighted by Gasteiger charge is 2.15. The molecule has 0 unspecified atom stereocenters. The third kappa shape index (κ3) is 3.41. The zero-order valence-corrected chi connectivity index (χ0v) is 13.1. The lowest BCUT2D eigenvalue weighted by atomic mass is 10.3. The molecule has 0 radical (unpaired) electrons. The average molecular weight is 293 g/mol. The monoisotopic (exact) mass is 293 g/mol. The first kappa shape index (κ1) is 15.5. The van der Waals surface area contributed by atoms with Gasteiger partial charge >= 0.3 is 0 Å². The lowest BCUT2D eigenvalue weighted by Gasteiger charge is -2.05. The van der Waals surface area contributed by atoms with E-state index in [4.69, 9.17) is 4.74 Å². The number of carbonyl (C=O) groups excluding carboxylic acids is 1. The van der Waals surface area contributed by atoms with Crippen LogP contribution in [0.25, 0.3) is 11.0 Å². The van der Waals surface area contributed by atoms with Crippen LogP contribution in [0.5, 0.6) is 0 Å². The van der Waals surface area contributed by atoms with Crippen molar-refractivity contribution in [2.75, 3.05) is 20.3 Å². The quantitative estimate of drug-likeness (QED) is 0.780. The first-order chi connectivity index (χ1) is 10.0. The van der Waals surface area contributed by atoms with Gasteiger partial charge in [0.2, 0.25) is 5.91 Å². The van der Waals surface area contributed by atoms with E-state index in [1.807, 2.05) is 22.5 Å². The highest BCUT2D eigenvalue weighted by Crippen LogP contribution is 2.21. The van der Waals surface area contributed by atoms with Gasteiger partial charge in [-0.05, 0) is 20.8 Å². The van der Waals surface area contributed by atoms with Gasteiger partial charge in [0.05, 0.1) is 25.0 Å². The van der Waals surface area contributed by atoms with E-state index in [0.717, 1.165) is 16.7 Å². The van der Waals surface area contributed by atoms with Gasteiger partial charge in [0.15, 0.2) is 0 Å². The number of fused-ring (bicyclic) bond motifs is 1. The number of rotatable bonds is 7. The maximum Gasteiger partial charge on any atom is 0.221 e. The SMILES string of the molecule is COCCNC(=O)CCn1ncc2c1c(C)nn2C(C)C. The van der Waals surface area contributed by atoms with Crippen LogP contribution in [0.4, 0.5) is 0 Å². The Morgan fingerprint density at radius 3 is 2.90 bits per heavy atom. The Hall–Kier alpha value is -1.89. The highest BCUT2D eigenvalue weighted by molar-refractivity contribution is 5.78. The van der Waals surface area contributed by atoms with E-state index >= 15 is 0 Å². The second-order valence-corrected chi connectivity index (χ2v) is 5.32. The second-order valence-electron chi connectivity index (χ2n) is 5.32. The molecular formula is C14H23N5O2. The molecule has 0 atom stereocenters. The molecule has 0 aliphatic carbocycles. The summed E-state index contributed by atoms with van der Waals surface area (Å²) < 4.78 is 8.72. The molecule has 0 aliphatic heterocycles. The number of ether oxygens (including phenoxy) is 1. The molecule has 0 bridgehead atoms. The minimum absolute atomic E-state index is 0.00426. The van der Waals surface area contributed by atoms with Crippen molar-refractivity contribution in [3.63, 3.8) is 0 Å². The van der Waals surface area contributed by atoms with Gasteiger partial charge in [-0.15, -0.1) is 0 Å². The van der Waals surface area contributed by atoms with Crippen molar-refractivity contribution in [2.45, 2.75) is 39.8 Å². The van der Waals surface area contributed by atoms with Crippen LogP contribution in [0.1, 0.15) is 32.0 Å². The molecule has 0 aromatic carbocycles. The highest BCUT2D eigenvalue weighted by atomic mass is 16.5. The lowest BCUT2D eigenvalue weighted by Crippen LogP contribution is -2.27. The first-order valence-electron chi connectivity index (χ1n) is 7.20. The summed E-state index contributed by atoms with van der Waals surface area (Å²) in [6.45, 7) is 7.76. The number of nitrogens with zero attached hydrogens (tertiary/aromatic N) is 4. The molecule has 116 valence electrons. The molecule has 1 amide bonds. The van der Waals surface area contributed by atoms with Crippen molar-refractivity contribution < 1.29 is 9.53 Å². The van der Waals surface area contributed by atoms with E-state index in [1.165, 1.54) is 0 Å². The number of hydrogen-bond donors (Lipinski definition) is 1. The molecule has 2 aromatic rings. The number of amides is 1. The number of nitrogens with one attached hydrogen (secondary N) is 1. The van der Waals surface area contributed by atoms with Crippen molar-refractivity contribution in [3.8, 4) is 0 Å². The summed E-state index contributed by atoms with van der Waals surface area (Å²) in [6, 6.07) is 0.288. The molecule has 0 fully saturated rings. The molecule has 0 saturated heterocycles. The van der Waals surface area contributed by atoms with Crippen LogP contribution in [0.3, 0.4) is 0 Å². The predicted molar refractivity (Wildman–Crippen MR) is 80.1 cm³/mol. The summed E-state index contributed by atoms with van der Waals surface area (Å²) in [4.78, 5) is 11.7. The summed E-state index contributed by atoms with van der Waals surface area (Å²) in [6.07, 6.45) is 2.21. The minimum atomic E-state index is 0.00426. The van der Waals surface area contributed by atoms with Crippen molar-refractivity contribution in [1.82, 2.24) is 24.9 Å². The molecule has 21 heavy (non-hydrogen) atoms. The van der Waals surface area contributed by atoms with E-state index in [9.17, 15) is 4.79 Å².